The van der Waals surface area contributed by atoms with E-state index in [-0.39, 0.29) is 35.6 Å². The molecule has 0 radical (unpaired) electrons. The van der Waals surface area contributed by atoms with Crippen LogP contribution in [0, 0.1) is 0 Å². The standard InChI is InChI=1S/C20H30N2O.2ClH/c1-19(2,3)17-7-11-21(12-8-17)15-23-16-22-13-9-18(10-14-22)20(4,5)6;;/h7-14H,15-16H2,1-6H3;2*1H/q+2;;/p-2. The van der Waals surface area contributed by atoms with Gasteiger partial charge < -0.3 is 24.8 Å². The number of hydrogen-bond donors (Lipinski definition) is 0. The molecule has 0 saturated carbocycles. The summed E-state index contributed by atoms with van der Waals surface area (Å²) in [6, 6.07) is 8.65. The molecule has 0 aliphatic carbocycles. The smallest absolute Gasteiger partial charge is 0.257 e. The average molecular weight is 385 g/mol. The molecule has 0 aliphatic rings. The lowest BCUT2D eigenvalue weighted by molar-refractivity contribution is -0.788. The van der Waals surface area contributed by atoms with Gasteiger partial charge in [0.05, 0.1) is 0 Å². The van der Waals surface area contributed by atoms with Gasteiger partial charge in [0.1, 0.15) is 0 Å². The predicted octanol–water partition coefficient (Wildman–Crippen LogP) is -2.50. The van der Waals surface area contributed by atoms with Crippen LogP contribution in [0.4, 0.5) is 0 Å². The second kappa shape index (κ2) is 9.51. The van der Waals surface area contributed by atoms with Crippen molar-refractivity contribution in [3.8, 4) is 0 Å². The number of nitrogens with zero attached hydrogens (tertiary/aromatic N) is 2. The molecule has 2 rings (SSSR count). The first-order valence-electron chi connectivity index (χ1n) is 8.23. The van der Waals surface area contributed by atoms with Crippen molar-refractivity contribution >= 4 is 0 Å². The van der Waals surface area contributed by atoms with Crippen LogP contribution < -0.4 is 33.9 Å². The summed E-state index contributed by atoms with van der Waals surface area (Å²) in [5.74, 6) is 0. The monoisotopic (exact) mass is 384 g/mol. The van der Waals surface area contributed by atoms with Crippen molar-refractivity contribution in [3.63, 3.8) is 0 Å². The first kappa shape index (κ1) is 23.8. The Morgan fingerprint density at radius 1 is 0.640 bits per heavy atom. The zero-order valence-electron chi connectivity index (χ0n) is 16.1. The topological polar surface area (TPSA) is 17.0 Å². The highest BCUT2D eigenvalue weighted by molar-refractivity contribution is 5.17. The molecule has 0 aliphatic heterocycles. The molecule has 3 nitrogen and oxygen atoms in total. The Kier molecular flexibility index (Phi) is 9.07. The number of halogens is 2. The first-order chi connectivity index (χ1) is 10.7. The Hall–Kier alpha value is -1.16. The Morgan fingerprint density at radius 3 is 1.16 bits per heavy atom. The molecular formula is C20H30Cl2N2O. The van der Waals surface area contributed by atoms with E-state index in [2.05, 4.69) is 99.7 Å². The number of rotatable bonds is 4. The summed E-state index contributed by atoms with van der Waals surface area (Å²) < 4.78 is 9.89. The third-order valence-electron chi connectivity index (χ3n) is 4.00. The Bertz CT molecular complexity index is 569. The molecule has 0 bridgehead atoms. The molecule has 0 atom stereocenters. The quantitative estimate of drug-likeness (QED) is 0.532. The molecule has 2 aromatic rings. The molecule has 0 unspecified atom stereocenters. The third kappa shape index (κ3) is 7.31. The molecule has 0 spiro atoms. The Labute approximate surface area is 164 Å². The van der Waals surface area contributed by atoms with E-state index in [0.29, 0.717) is 13.5 Å². The highest BCUT2D eigenvalue weighted by Crippen LogP contribution is 2.20. The minimum atomic E-state index is 0. The second-order valence-electron chi connectivity index (χ2n) is 8.16. The fraction of sp³-hybridized carbons (Fsp3) is 0.500. The van der Waals surface area contributed by atoms with E-state index in [9.17, 15) is 0 Å². The van der Waals surface area contributed by atoms with Crippen LogP contribution in [-0.4, -0.2) is 0 Å². The van der Waals surface area contributed by atoms with Crippen molar-refractivity contribution in [3.05, 3.63) is 60.2 Å². The summed E-state index contributed by atoms with van der Waals surface area (Å²) >= 11 is 0. The molecule has 0 N–H and O–H groups in total. The summed E-state index contributed by atoms with van der Waals surface area (Å²) in [6.45, 7) is 14.4. The minimum absolute atomic E-state index is 0. The van der Waals surface area contributed by atoms with Crippen LogP contribution in [0.5, 0.6) is 0 Å². The molecule has 0 saturated heterocycles. The summed E-state index contributed by atoms with van der Waals surface area (Å²) in [6.07, 6.45) is 8.31. The van der Waals surface area contributed by atoms with Gasteiger partial charge in [0, 0.05) is 24.3 Å². The summed E-state index contributed by atoms with van der Waals surface area (Å²) in [7, 11) is 0. The van der Waals surface area contributed by atoms with Gasteiger partial charge >= 0.3 is 0 Å². The van der Waals surface area contributed by atoms with E-state index in [0.717, 1.165) is 0 Å². The van der Waals surface area contributed by atoms with Gasteiger partial charge in [-0.2, -0.15) is 9.13 Å². The molecule has 2 aromatic heterocycles. The van der Waals surface area contributed by atoms with Crippen LogP contribution in [0.3, 0.4) is 0 Å². The van der Waals surface area contributed by atoms with Crippen molar-refractivity contribution in [2.75, 3.05) is 0 Å². The zero-order chi connectivity index (χ0) is 17.1. The highest BCUT2D eigenvalue weighted by atomic mass is 35.5. The Morgan fingerprint density at radius 2 is 0.920 bits per heavy atom. The molecular weight excluding hydrogens is 355 g/mol. The maximum absolute atomic E-state index is 5.78. The van der Waals surface area contributed by atoms with Crippen molar-refractivity contribution in [1.29, 1.82) is 0 Å². The van der Waals surface area contributed by atoms with Crippen LogP contribution in [0.1, 0.15) is 52.7 Å². The minimum Gasteiger partial charge on any atom is -1.00 e. The van der Waals surface area contributed by atoms with Crippen molar-refractivity contribution in [2.24, 2.45) is 0 Å². The maximum Gasteiger partial charge on any atom is 0.257 e. The normalized spacial score (nSPS) is 11.4. The number of pyridine rings is 2. The lowest BCUT2D eigenvalue weighted by Crippen LogP contribution is -3.00. The van der Waals surface area contributed by atoms with E-state index >= 15 is 0 Å². The largest absolute Gasteiger partial charge is 1.00 e. The molecule has 2 heterocycles. The summed E-state index contributed by atoms with van der Waals surface area (Å²) in [4.78, 5) is 0. The lowest BCUT2D eigenvalue weighted by Gasteiger charge is -2.17. The van der Waals surface area contributed by atoms with Crippen molar-refractivity contribution < 1.29 is 38.7 Å². The number of ether oxygens (including phenoxy) is 1. The summed E-state index contributed by atoms with van der Waals surface area (Å²) in [5.41, 5.74) is 3.04. The summed E-state index contributed by atoms with van der Waals surface area (Å²) in [5, 5.41) is 0. The van der Waals surface area contributed by atoms with E-state index < -0.39 is 0 Å². The Balaban J connectivity index is 0.00000288. The van der Waals surface area contributed by atoms with Gasteiger partial charge in [-0.15, -0.1) is 0 Å². The lowest BCUT2D eigenvalue weighted by atomic mass is 9.88. The van der Waals surface area contributed by atoms with Gasteiger partial charge in [-0.05, 0) is 22.0 Å². The van der Waals surface area contributed by atoms with E-state index in [1.807, 2.05) is 0 Å². The van der Waals surface area contributed by atoms with Crippen LogP contribution >= 0.6 is 0 Å². The van der Waals surface area contributed by atoms with E-state index in [1.54, 1.807) is 0 Å². The van der Waals surface area contributed by atoms with E-state index in [1.165, 1.54) is 11.1 Å². The number of aromatic nitrogens is 2. The van der Waals surface area contributed by atoms with Gasteiger partial charge in [-0.1, -0.05) is 41.5 Å². The van der Waals surface area contributed by atoms with Gasteiger partial charge in [0.15, 0.2) is 24.8 Å². The molecule has 5 heteroatoms. The molecule has 140 valence electrons. The fourth-order valence-electron chi connectivity index (χ4n) is 2.34. The highest BCUT2D eigenvalue weighted by Gasteiger charge is 2.16. The van der Waals surface area contributed by atoms with Crippen molar-refractivity contribution in [2.45, 2.75) is 65.8 Å². The van der Waals surface area contributed by atoms with Gasteiger partial charge in [-0.3, -0.25) is 4.74 Å². The van der Waals surface area contributed by atoms with Crippen LogP contribution in [0.2, 0.25) is 0 Å². The molecule has 25 heavy (non-hydrogen) atoms. The van der Waals surface area contributed by atoms with Crippen LogP contribution in [0.25, 0.3) is 0 Å². The van der Waals surface area contributed by atoms with Gasteiger partial charge in [0.2, 0.25) is 0 Å². The fourth-order valence-corrected chi connectivity index (χ4v) is 2.34. The van der Waals surface area contributed by atoms with Crippen LogP contribution in [0.15, 0.2) is 49.1 Å². The van der Waals surface area contributed by atoms with Crippen LogP contribution in [-0.2, 0) is 29.0 Å². The SMILES string of the molecule is CC(C)(C)c1cc[n+](COC[n+]2ccc(C(C)(C)C)cc2)cc1.[Cl-].[Cl-]. The second-order valence-corrected chi connectivity index (χ2v) is 8.16. The van der Waals surface area contributed by atoms with Gasteiger partial charge in [-0.25, -0.2) is 0 Å². The zero-order valence-corrected chi connectivity index (χ0v) is 17.6. The van der Waals surface area contributed by atoms with Gasteiger partial charge in [0.25, 0.3) is 13.5 Å². The number of hydrogen-bond acceptors (Lipinski definition) is 1. The maximum atomic E-state index is 5.78. The molecule has 0 aromatic carbocycles. The van der Waals surface area contributed by atoms with Crippen molar-refractivity contribution in [1.82, 2.24) is 0 Å². The molecule has 0 amide bonds. The third-order valence-corrected chi connectivity index (χ3v) is 4.00. The predicted molar refractivity (Wildman–Crippen MR) is 91.8 cm³/mol. The van der Waals surface area contributed by atoms with E-state index in [4.69, 9.17) is 4.74 Å². The first-order valence-corrected chi connectivity index (χ1v) is 8.23. The average Bonchev–Trinajstić information content (AvgIpc) is 2.46. The molecule has 0 fully saturated rings.